The summed E-state index contributed by atoms with van der Waals surface area (Å²) >= 11 is 6.25. The van der Waals surface area contributed by atoms with E-state index >= 15 is 0 Å². The number of hydrogen-bond donors (Lipinski definition) is 3. The Bertz CT molecular complexity index is 770. The number of nitrogens with zero attached hydrogens (tertiary/aromatic N) is 2. The molecule has 2 heterocycles. The standard InChI is InChI=1S/C17H20BClN4O2/c19-15-9-20-17(23-16(15)21-12-4-2-1-3-5-12)22-13-6-7-14-11(8-13)10-25-18(14)24/h6-9,12,24H,1-5,10H2,(H2,20,21,22,23). The van der Waals surface area contributed by atoms with Gasteiger partial charge in [-0.05, 0) is 36.0 Å². The van der Waals surface area contributed by atoms with Gasteiger partial charge in [0.15, 0.2) is 5.82 Å². The van der Waals surface area contributed by atoms with E-state index in [1.807, 2.05) is 18.2 Å². The van der Waals surface area contributed by atoms with Gasteiger partial charge in [0.2, 0.25) is 5.95 Å². The Labute approximate surface area is 152 Å². The van der Waals surface area contributed by atoms with Crippen molar-refractivity contribution >= 4 is 41.6 Å². The lowest BCUT2D eigenvalue weighted by molar-refractivity contribution is 0.275. The molecule has 6 nitrogen and oxygen atoms in total. The maximum Gasteiger partial charge on any atom is 0.491 e. The summed E-state index contributed by atoms with van der Waals surface area (Å²) in [5.74, 6) is 1.16. The third-order valence-electron chi connectivity index (χ3n) is 4.75. The Kier molecular flexibility index (Phi) is 4.79. The largest absolute Gasteiger partial charge is 0.491 e. The smallest absolute Gasteiger partial charge is 0.423 e. The van der Waals surface area contributed by atoms with Gasteiger partial charge in [-0.25, -0.2) is 4.98 Å². The van der Waals surface area contributed by atoms with Gasteiger partial charge in [0.1, 0.15) is 5.02 Å². The van der Waals surface area contributed by atoms with E-state index in [1.54, 1.807) is 6.20 Å². The Hall–Kier alpha value is -1.83. The van der Waals surface area contributed by atoms with Gasteiger partial charge >= 0.3 is 7.12 Å². The van der Waals surface area contributed by atoms with E-state index < -0.39 is 7.12 Å². The molecule has 0 radical (unpaired) electrons. The van der Waals surface area contributed by atoms with E-state index in [9.17, 15) is 5.02 Å². The molecule has 1 aliphatic carbocycles. The second-order valence-corrected chi connectivity index (χ2v) is 6.98. The quantitative estimate of drug-likeness (QED) is 0.729. The third kappa shape index (κ3) is 3.73. The van der Waals surface area contributed by atoms with Crippen molar-refractivity contribution in [1.82, 2.24) is 9.97 Å². The lowest BCUT2D eigenvalue weighted by Crippen LogP contribution is -2.27. The maximum atomic E-state index is 9.69. The highest BCUT2D eigenvalue weighted by atomic mass is 35.5. The lowest BCUT2D eigenvalue weighted by atomic mass is 9.79. The average molecular weight is 359 g/mol. The van der Waals surface area contributed by atoms with Crippen molar-refractivity contribution in [3.8, 4) is 0 Å². The van der Waals surface area contributed by atoms with Gasteiger partial charge in [-0.2, -0.15) is 4.98 Å². The van der Waals surface area contributed by atoms with Gasteiger partial charge in [0.25, 0.3) is 0 Å². The number of aromatic nitrogens is 2. The molecular formula is C17H20BClN4O2. The molecule has 2 aromatic rings. The Balaban J connectivity index is 1.50. The van der Waals surface area contributed by atoms with Gasteiger partial charge in [0.05, 0.1) is 12.8 Å². The Morgan fingerprint density at radius 3 is 2.92 bits per heavy atom. The molecule has 4 rings (SSSR count). The summed E-state index contributed by atoms with van der Waals surface area (Å²) in [6.07, 6.45) is 7.71. The van der Waals surface area contributed by atoms with Crippen molar-refractivity contribution in [2.24, 2.45) is 0 Å². The molecule has 1 aromatic heterocycles. The molecule has 0 amide bonds. The normalized spacial score (nSPS) is 17.4. The first-order valence-corrected chi connectivity index (χ1v) is 9.05. The molecular weight excluding hydrogens is 338 g/mol. The fraction of sp³-hybridized carbons (Fsp3) is 0.412. The third-order valence-corrected chi connectivity index (χ3v) is 5.03. The number of benzene rings is 1. The molecule has 8 heteroatoms. The number of halogens is 1. The molecule has 1 aromatic carbocycles. The predicted octanol–water partition coefficient (Wildman–Crippen LogP) is 2.84. The van der Waals surface area contributed by atoms with Crippen LogP contribution in [0.4, 0.5) is 17.5 Å². The van der Waals surface area contributed by atoms with Gasteiger partial charge in [-0.15, -0.1) is 0 Å². The topological polar surface area (TPSA) is 79.3 Å². The van der Waals surface area contributed by atoms with E-state index in [4.69, 9.17) is 16.3 Å². The molecule has 1 saturated carbocycles. The van der Waals surface area contributed by atoms with E-state index in [0.29, 0.717) is 29.4 Å². The second-order valence-electron chi connectivity index (χ2n) is 6.57. The number of nitrogens with one attached hydrogen (secondary N) is 2. The lowest BCUT2D eigenvalue weighted by Gasteiger charge is -2.23. The minimum absolute atomic E-state index is 0.405. The summed E-state index contributed by atoms with van der Waals surface area (Å²) < 4.78 is 5.22. The van der Waals surface area contributed by atoms with Crippen LogP contribution >= 0.6 is 11.6 Å². The molecule has 0 unspecified atom stereocenters. The fourth-order valence-corrected chi connectivity index (χ4v) is 3.55. The summed E-state index contributed by atoms with van der Waals surface area (Å²) in [7, 11) is -0.831. The molecule has 2 aliphatic rings. The maximum absolute atomic E-state index is 9.69. The van der Waals surface area contributed by atoms with Crippen LogP contribution in [-0.2, 0) is 11.3 Å². The first kappa shape index (κ1) is 16.6. The van der Waals surface area contributed by atoms with Crippen LogP contribution in [0, 0.1) is 0 Å². The highest BCUT2D eigenvalue weighted by Crippen LogP contribution is 2.26. The molecule has 0 bridgehead atoms. The SMILES string of the molecule is OB1OCc2cc(Nc3ncc(Cl)c(NC4CCCCC4)n3)ccc21. The Morgan fingerprint density at radius 2 is 2.08 bits per heavy atom. The number of anilines is 3. The molecule has 3 N–H and O–H groups in total. The van der Waals surface area contributed by atoms with E-state index in [-0.39, 0.29) is 0 Å². The summed E-state index contributed by atoms with van der Waals surface area (Å²) in [4.78, 5) is 8.79. The van der Waals surface area contributed by atoms with Crippen LogP contribution in [-0.4, -0.2) is 28.2 Å². The fourth-order valence-electron chi connectivity index (χ4n) is 3.41. The van der Waals surface area contributed by atoms with Gasteiger partial charge in [-0.3, -0.25) is 0 Å². The van der Waals surface area contributed by atoms with Crippen LogP contribution in [0.25, 0.3) is 0 Å². The molecule has 1 aliphatic heterocycles. The zero-order valence-electron chi connectivity index (χ0n) is 13.8. The average Bonchev–Trinajstić information content (AvgIpc) is 2.99. The molecule has 130 valence electrons. The molecule has 25 heavy (non-hydrogen) atoms. The molecule has 0 spiro atoms. The summed E-state index contributed by atoms with van der Waals surface area (Å²) in [5, 5.41) is 16.9. The van der Waals surface area contributed by atoms with Crippen molar-refractivity contribution in [3.63, 3.8) is 0 Å². The number of fused-ring (bicyclic) bond motifs is 1. The first-order valence-electron chi connectivity index (χ1n) is 8.67. The van der Waals surface area contributed by atoms with Gasteiger partial charge in [0, 0.05) is 11.7 Å². The molecule has 0 saturated heterocycles. The monoisotopic (exact) mass is 358 g/mol. The Morgan fingerprint density at radius 1 is 1.24 bits per heavy atom. The first-order chi connectivity index (χ1) is 12.2. The minimum Gasteiger partial charge on any atom is -0.423 e. The van der Waals surface area contributed by atoms with Crippen LogP contribution in [0.2, 0.25) is 5.02 Å². The van der Waals surface area contributed by atoms with Crippen LogP contribution in [0.5, 0.6) is 0 Å². The van der Waals surface area contributed by atoms with Crippen LogP contribution in [0.1, 0.15) is 37.7 Å². The van der Waals surface area contributed by atoms with Crippen molar-refractivity contribution < 1.29 is 9.68 Å². The summed E-state index contributed by atoms with van der Waals surface area (Å²) in [5.41, 5.74) is 2.62. The minimum atomic E-state index is -0.831. The van der Waals surface area contributed by atoms with Crippen molar-refractivity contribution in [3.05, 3.63) is 35.0 Å². The molecule has 0 atom stereocenters. The predicted molar refractivity (Wildman–Crippen MR) is 99.7 cm³/mol. The van der Waals surface area contributed by atoms with Crippen LogP contribution in [0.15, 0.2) is 24.4 Å². The zero-order valence-corrected chi connectivity index (χ0v) is 14.6. The van der Waals surface area contributed by atoms with Crippen molar-refractivity contribution in [1.29, 1.82) is 0 Å². The van der Waals surface area contributed by atoms with Crippen LogP contribution < -0.4 is 16.1 Å². The highest BCUT2D eigenvalue weighted by Gasteiger charge is 2.27. The van der Waals surface area contributed by atoms with E-state index in [0.717, 1.165) is 29.6 Å². The van der Waals surface area contributed by atoms with Crippen molar-refractivity contribution in [2.75, 3.05) is 10.6 Å². The number of hydrogen-bond acceptors (Lipinski definition) is 6. The van der Waals surface area contributed by atoms with Crippen LogP contribution in [0.3, 0.4) is 0 Å². The van der Waals surface area contributed by atoms with E-state index in [1.165, 1.54) is 19.3 Å². The van der Waals surface area contributed by atoms with Gasteiger partial charge in [-0.1, -0.05) is 36.9 Å². The summed E-state index contributed by atoms with van der Waals surface area (Å²) in [6, 6.07) is 6.10. The zero-order chi connectivity index (χ0) is 17.2. The second kappa shape index (κ2) is 7.19. The number of rotatable bonds is 4. The van der Waals surface area contributed by atoms with Crippen molar-refractivity contribution in [2.45, 2.75) is 44.8 Å². The molecule has 1 fully saturated rings. The van der Waals surface area contributed by atoms with E-state index in [2.05, 4.69) is 20.6 Å². The summed E-state index contributed by atoms with van der Waals surface area (Å²) in [6.45, 7) is 0.405. The van der Waals surface area contributed by atoms with Gasteiger partial charge < -0.3 is 20.3 Å². The highest BCUT2D eigenvalue weighted by molar-refractivity contribution is 6.61.